The Labute approximate surface area is 171 Å². The maximum atomic E-state index is 14.5. The monoisotopic (exact) mass is 425 g/mol. The molecule has 0 bridgehead atoms. The second kappa shape index (κ2) is 8.42. The molecule has 0 unspecified atom stereocenters. The standard InChI is InChI=1S/C21H28FNO5S/c1-3-23(16-10-13-29(26,27)14-16)19(24)15(2)28-20(25)21(11-6-7-12-21)17-8-4-5-9-18(17)22/h4-5,8-9,15-16H,3,6-7,10-14H2,1-2H3/t15-,16+/m0/s1. The number of carbonyl (C=O) groups is 2. The number of sulfone groups is 1. The average molecular weight is 426 g/mol. The van der Waals surface area contributed by atoms with Crippen LogP contribution in [0.25, 0.3) is 0 Å². The molecule has 29 heavy (non-hydrogen) atoms. The zero-order chi connectivity index (χ0) is 21.2. The quantitative estimate of drug-likeness (QED) is 0.655. The third kappa shape index (κ3) is 4.32. The van der Waals surface area contributed by atoms with Gasteiger partial charge in [-0.05, 0) is 39.2 Å². The maximum absolute atomic E-state index is 14.5. The summed E-state index contributed by atoms with van der Waals surface area (Å²) in [6, 6.07) is 5.81. The molecular weight excluding hydrogens is 397 g/mol. The Morgan fingerprint density at radius 3 is 2.48 bits per heavy atom. The number of hydrogen-bond donors (Lipinski definition) is 0. The maximum Gasteiger partial charge on any atom is 0.317 e. The number of carbonyl (C=O) groups excluding carboxylic acids is 2. The van der Waals surface area contributed by atoms with Crippen LogP contribution in [0.5, 0.6) is 0 Å². The number of esters is 1. The summed E-state index contributed by atoms with van der Waals surface area (Å²) in [5, 5.41) is 0. The van der Waals surface area contributed by atoms with Crippen molar-refractivity contribution in [1.82, 2.24) is 4.90 Å². The van der Waals surface area contributed by atoms with E-state index in [9.17, 15) is 22.4 Å². The molecule has 1 aromatic rings. The Hall–Kier alpha value is -1.96. The second-order valence-electron chi connectivity index (χ2n) is 8.00. The highest BCUT2D eigenvalue weighted by molar-refractivity contribution is 7.91. The Bertz CT molecular complexity index is 879. The van der Waals surface area contributed by atoms with Crippen LogP contribution in [0, 0.1) is 5.82 Å². The lowest BCUT2D eigenvalue weighted by Gasteiger charge is -2.32. The minimum absolute atomic E-state index is 0.0615. The molecule has 6 nitrogen and oxygen atoms in total. The Morgan fingerprint density at radius 2 is 1.93 bits per heavy atom. The summed E-state index contributed by atoms with van der Waals surface area (Å²) in [4.78, 5) is 27.5. The molecular formula is C21H28FNO5S. The van der Waals surface area contributed by atoms with Gasteiger partial charge >= 0.3 is 5.97 Å². The SMILES string of the molecule is CCN(C(=O)[C@H](C)OC(=O)C1(c2ccccc2F)CCCC1)[C@@H]1CCS(=O)(=O)C1. The van der Waals surface area contributed by atoms with Gasteiger partial charge in [0.05, 0.1) is 16.9 Å². The molecule has 160 valence electrons. The molecule has 0 radical (unpaired) electrons. The van der Waals surface area contributed by atoms with E-state index in [1.807, 2.05) is 0 Å². The molecule has 0 spiro atoms. The highest BCUT2D eigenvalue weighted by Crippen LogP contribution is 2.43. The predicted octanol–water partition coefficient (Wildman–Crippen LogP) is 2.60. The molecule has 1 amide bonds. The van der Waals surface area contributed by atoms with Crippen molar-refractivity contribution in [3.63, 3.8) is 0 Å². The molecule has 1 heterocycles. The van der Waals surface area contributed by atoms with Crippen LogP contribution in [-0.4, -0.2) is 55.4 Å². The molecule has 3 rings (SSSR count). The summed E-state index contributed by atoms with van der Waals surface area (Å²) in [5.41, 5.74) is -0.760. The van der Waals surface area contributed by atoms with Gasteiger partial charge in [0.1, 0.15) is 5.82 Å². The summed E-state index contributed by atoms with van der Waals surface area (Å²) in [5.74, 6) is -1.45. The number of rotatable bonds is 6. The zero-order valence-electron chi connectivity index (χ0n) is 16.9. The summed E-state index contributed by atoms with van der Waals surface area (Å²) in [6.07, 6.45) is 1.86. The first-order valence-corrected chi connectivity index (χ1v) is 12.0. The lowest BCUT2D eigenvalue weighted by Crippen LogP contribution is -2.48. The van der Waals surface area contributed by atoms with Crippen molar-refractivity contribution in [2.45, 2.75) is 63.5 Å². The first-order valence-electron chi connectivity index (χ1n) is 10.2. The number of ether oxygens (including phenoxy) is 1. The molecule has 2 aliphatic rings. The van der Waals surface area contributed by atoms with Gasteiger partial charge in [-0.15, -0.1) is 0 Å². The van der Waals surface area contributed by atoms with Gasteiger partial charge in [-0.1, -0.05) is 31.0 Å². The number of hydrogen-bond acceptors (Lipinski definition) is 5. The van der Waals surface area contributed by atoms with Gasteiger partial charge in [0.2, 0.25) is 0 Å². The smallest absolute Gasteiger partial charge is 0.317 e. The van der Waals surface area contributed by atoms with Crippen LogP contribution in [0.2, 0.25) is 0 Å². The topological polar surface area (TPSA) is 80.8 Å². The Kier molecular flexibility index (Phi) is 6.31. The second-order valence-corrected chi connectivity index (χ2v) is 10.2. The molecule has 1 saturated heterocycles. The predicted molar refractivity (Wildman–Crippen MR) is 107 cm³/mol. The Morgan fingerprint density at radius 1 is 1.28 bits per heavy atom. The lowest BCUT2D eigenvalue weighted by molar-refractivity contribution is -0.164. The summed E-state index contributed by atoms with van der Waals surface area (Å²) < 4.78 is 43.6. The van der Waals surface area contributed by atoms with Gasteiger partial charge in [0.15, 0.2) is 15.9 Å². The fourth-order valence-electron chi connectivity index (χ4n) is 4.58. The van der Waals surface area contributed by atoms with Gasteiger partial charge in [0.25, 0.3) is 5.91 Å². The van der Waals surface area contributed by atoms with Crippen LogP contribution < -0.4 is 0 Å². The first kappa shape index (κ1) is 21.7. The number of halogens is 1. The van der Waals surface area contributed by atoms with Crippen molar-refractivity contribution in [3.8, 4) is 0 Å². The zero-order valence-corrected chi connectivity index (χ0v) is 17.7. The average Bonchev–Trinajstić information content (AvgIpc) is 3.30. The van der Waals surface area contributed by atoms with E-state index in [0.717, 1.165) is 12.8 Å². The summed E-state index contributed by atoms with van der Waals surface area (Å²) in [7, 11) is -3.14. The van der Waals surface area contributed by atoms with Crippen molar-refractivity contribution in [3.05, 3.63) is 35.6 Å². The Balaban J connectivity index is 1.76. The van der Waals surface area contributed by atoms with E-state index in [-0.39, 0.29) is 11.5 Å². The number of likely N-dealkylation sites (N-methyl/N-ethyl adjacent to an activating group) is 1. The van der Waals surface area contributed by atoms with Crippen molar-refractivity contribution in [2.75, 3.05) is 18.1 Å². The van der Waals surface area contributed by atoms with Crippen LogP contribution in [-0.2, 0) is 29.6 Å². The van der Waals surface area contributed by atoms with Crippen LogP contribution in [0.4, 0.5) is 4.39 Å². The fourth-order valence-corrected chi connectivity index (χ4v) is 6.31. The normalized spacial score (nSPS) is 23.5. The molecule has 1 aliphatic carbocycles. The minimum Gasteiger partial charge on any atom is -0.452 e. The third-order valence-electron chi connectivity index (χ3n) is 6.14. The van der Waals surface area contributed by atoms with E-state index >= 15 is 0 Å². The third-order valence-corrected chi connectivity index (χ3v) is 7.89. The van der Waals surface area contributed by atoms with Crippen molar-refractivity contribution in [1.29, 1.82) is 0 Å². The first-order chi connectivity index (χ1) is 13.7. The molecule has 0 N–H and O–H groups in total. The van der Waals surface area contributed by atoms with Gasteiger partial charge < -0.3 is 9.64 Å². The van der Waals surface area contributed by atoms with Crippen LogP contribution in [0.3, 0.4) is 0 Å². The van der Waals surface area contributed by atoms with E-state index in [1.54, 1.807) is 25.1 Å². The largest absolute Gasteiger partial charge is 0.452 e. The summed E-state index contributed by atoms with van der Waals surface area (Å²) >= 11 is 0. The highest BCUT2D eigenvalue weighted by atomic mass is 32.2. The van der Waals surface area contributed by atoms with Gasteiger partial charge in [-0.2, -0.15) is 0 Å². The molecule has 2 fully saturated rings. The lowest BCUT2D eigenvalue weighted by atomic mass is 9.78. The van der Waals surface area contributed by atoms with Crippen molar-refractivity contribution >= 4 is 21.7 Å². The van der Waals surface area contributed by atoms with Crippen LogP contribution in [0.1, 0.15) is 51.5 Å². The molecule has 1 aromatic carbocycles. The van der Waals surface area contributed by atoms with Crippen LogP contribution in [0.15, 0.2) is 24.3 Å². The fraction of sp³-hybridized carbons (Fsp3) is 0.619. The van der Waals surface area contributed by atoms with Crippen LogP contribution >= 0.6 is 0 Å². The number of benzene rings is 1. The minimum atomic E-state index is -3.14. The van der Waals surface area contributed by atoms with E-state index in [0.29, 0.717) is 31.4 Å². The number of nitrogens with zero attached hydrogens (tertiary/aromatic N) is 1. The van der Waals surface area contributed by atoms with E-state index in [4.69, 9.17) is 4.74 Å². The van der Waals surface area contributed by atoms with E-state index < -0.39 is 45.1 Å². The summed E-state index contributed by atoms with van der Waals surface area (Å²) in [6.45, 7) is 3.60. The van der Waals surface area contributed by atoms with Crippen molar-refractivity contribution < 1.29 is 27.1 Å². The van der Waals surface area contributed by atoms with Gasteiger partial charge in [-0.3, -0.25) is 9.59 Å². The molecule has 0 aromatic heterocycles. The highest BCUT2D eigenvalue weighted by Gasteiger charge is 2.47. The van der Waals surface area contributed by atoms with Crippen molar-refractivity contribution in [2.24, 2.45) is 0 Å². The molecule has 2 atom stereocenters. The molecule has 1 aliphatic heterocycles. The van der Waals surface area contributed by atoms with E-state index in [2.05, 4.69) is 0 Å². The van der Waals surface area contributed by atoms with Gasteiger partial charge in [0, 0.05) is 18.2 Å². The molecule has 8 heteroatoms. The molecule has 1 saturated carbocycles. The van der Waals surface area contributed by atoms with Gasteiger partial charge in [-0.25, -0.2) is 12.8 Å². The van der Waals surface area contributed by atoms with E-state index in [1.165, 1.54) is 17.9 Å². The number of amides is 1.